The van der Waals surface area contributed by atoms with Crippen LogP contribution in [0.3, 0.4) is 0 Å². The zero-order chi connectivity index (χ0) is 17.4. The molecule has 0 spiro atoms. The monoisotopic (exact) mass is 355 g/mol. The van der Waals surface area contributed by atoms with Crippen molar-refractivity contribution in [3.8, 4) is 0 Å². The normalized spacial score (nSPS) is 25.1. The van der Waals surface area contributed by atoms with Crippen molar-refractivity contribution in [3.63, 3.8) is 0 Å². The lowest BCUT2D eigenvalue weighted by Gasteiger charge is -2.27. The Balaban J connectivity index is 1.53. The Hall–Kier alpha value is -2.18. The van der Waals surface area contributed by atoms with Crippen molar-refractivity contribution < 1.29 is 8.42 Å². The van der Waals surface area contributed by atoms with Crippen LogP contribution in [0, 0.1) is 0 Å². The van der Waals surface area contributed by atoms with Crippen LogP contribution in [0.25, 0.3) is 0 Å². The Bertz CT molecular complexity index is 909. The summed E-state index contributed by atoms with van der Waals surface area (Å²) in [5.74, 6) is 0.966. The lowest BCUT2D eigenvalue weighted by atomic mass is 9.93. The number of amidine groups is 1. The Morgan fingerprint density at radius 3 is 2.64 bits per heavy atom. The fraction of sp³-hybridized carbons (Fsp3) is 0.316. The van der Waals surface area contributed by atoms with Crippen LogP contribution >= 0.6 is 0 Å². The third-order valence-electron chi connectivity index (χ3n) is 5.14. The second-order valence-electron chi connectivity index (χ2n) is 6.65. The lowest BCUT2D eigenvalue weighted by molar-refractivity contribution is 0.295. The third kappa shape index (κ3) is 3.07. The van der Waals surface area contributed by atoms with Crippen LogP contribution in [-0.2, 0) is 10.0 Å². The summed E-state index contributed by atoms with van der Waals surface area (Å²) in [4.78, 5) is 2.54. The molecule has 2 aliphatic rings. The van der Waals surface area contributed by atoms with Crippen molar-refractivity contribution >= 4 is 21.5 Å². The van der Waals surface area contributed by atoms with Gasteiger partial charge in [0.05, 0.1) is 12.2 Å². The standard InChI is InChI=1S/C19H21N3O2S/c1-14-16(15-7-3-2-4-8-15)11-12-22(14)13-19-20-17-9-5-6-10-18(17)25(23,24)21-19/h2-10,14,16H,11-13H2,1H3,(H,20,21). The Labute approximate surface area is 148 Å². The minimum Gasteiger partial charge on any atom is -0.341 e. The molecule has 2 unspecified atom stereocenters. The van der Waals surface area contributed by atoms with Crippen LogP contribution in [0.2, 0.25) is 0 Å². The summed E-state index contributed by atoms with van der Waals surface area (Å²) < 4.78 is 28.7. The van der Waals surface area contributed by atoms with Crippen molar-refractivity contribution in [2.75, 3.05) is 18.4 Å². The first-order chi connectivity index (χ1) is 12.0. The predicted octanol–water partition coefficient (Wildman–Crippen LogP) is 3.08. The molecule has 2 heterocycles. The highest BCUT2D eigenvalue weighted by Gasteiger charge is 2.33. The molecule has 0 saturated carbocycles. The van der Waals surface area contributed by atoms with Crippen LogP contribution in [0.5, 0.6) is 0 Å². The summed E-state index contributed by atoms with van der Waals surface area (Å²) in [6, 6.07) is 17.8. The molecule has 0 aromatic heterocycles. The number of fused-ring (bicyclic) bond motifs is 1. The molecule has 2 atom stereocenters. The maximum absolute atomic E-state index is 12.4. The zero-order valence-electron chi connectivity index (χ0n) is 14.1. The molecule has 0 radical (unpaired) electrons. The van der Waals surface area contributed by atoms with Crippen LogP contribution < -0.4 is 5.32 Å². The van der Waals surface area contributed by atoms with E-state index in [0.717, 1.165) is 13.0 Å². The number of likely N-dealkylation sites (tertiary alicyclic amines) is 1. The van der Waals surface area contributed by atoms with Crippen LogP contribution in [0.15, 0.2) is 63.9 Å². The van der Waals surface area contributed by atoms with E-state index >= 15 is 0 Å². The highest BCUT2D eigenvalue weighted by molar-refractivity contribution is 7.90. The molecule has 0 amide bonds. The van der Waals surface area contributed by atoms with Gasteiger partial charge in [-0.2, -0.15) is 8.42 Å². The molecule has 1 saturated heterocycles. The Kier molecular flexibility index (Phi) is 4.09. The summed E-state index contributed by atoms with van der Waals surface area (Å²) in [6.45, 7) is 3.65. The number of rotatable bonds is 3. The van der Waals surface area contributed by atoms with Crippen molar-refractivity contribution in [2.24, 2.45) is 4.40 Å². The van der Waals surface area contributed by atoms with E-state index < -0.39 is 10.0 Å². The first-order valence-corrected chi connectivity index (χ1v) is 9.97. The zero-order valence-corrected chi connectivity index (χ0v) is 14.9. The number of benzene rings is 2. The van der Waals surface area contributed by atoms with Crippen LogP contribution in [0.4, 0.5) is 5.69 Å². The van der Waals surface area contributed by atoms with Gasteiger partial charge >= 0.3 is 0 Å². The van der Waals surface area contributed by atoms with E-state index in [9.17, 15) is 8.42 Å². The molecule has 1 N–H and O–H groups in total. The summed E-state index contributed by atoms with van der Waals surface area (Å²) in [5, 5.41) is 3.18. The topological polar surface area (TPSA) is 61.8 Å². The molecule has 130 valence electrons. The minimum atomic E-state index is -3.62. The van der Waals surface area contributed by atoms with E-state index in [2.05, 4.69) is 45.8 Å². The highest BCUT2D eigenvalue weighted by atomic mass is 32.2. The van der Waals surface area contributed by atoms with Gasteiger partial charge in [0.25, 0.3) is 10.0 Å². The van der Waals surface area contributed by atoms with E-state index in [1.807, 2.05) is 12.1 Å². The van der Waals surface area contributed by atoms with E-state index in [4.69, 9.17) is 0 Å². The maximum atomic E-state index is 12.4. The second kappa shape index (κ2) is 6.28. The highest BCUT2D eigenvalue weighted by Crippen LogP contribution is 2.34. The molecule has 0 aliphatic carbocycles. The van der Waals surface area contributed by atoms with Crippen molar-refractivity contribution in [3.05, 3.63) is 60.2 Å². The largest absolute Gasteiger partial charge is 0.341 e. The van der Waals surface area contributed by atoms with Gasteiger partial charge in [0, 0.05) is 12.0 Å². The molecule has 2 aliphatic heterocycles. The fourth-order valence-corrected chi connectivity index (χ4v) is 4.94. The molecule has 2 aromatic carbocycles. The van der Waals surface area contributed by atoms with E-state index in [1.54, 1.807) is 18.2 Å². The second-order valence-corrected chi connectivity index (χ2v) is 8.22. The Morgan fingerprint density at radius 2 is 1.84 bits per heavy atom. The first-order valence-electron chi connectivity index (χ1n) is 8.53. The van der Waals surface area contributed by atoms with Gasteiger partial charge in [0.1, 0.15) is 10.7 Å². The number of sulfonamides is 1. The molecule has 0 bridgehead atoms. The molecule has 1 fully saturated rings. The number of nitrogens with one attached hydrogen (secondary N) is 1. The van der Waals surface area contributed by atoms with Gasteiger partial charge in [-0.05, 0) is 37.6 Å². The summed E-state index contributed by atoms with van der Waals surface area (Å²) in [5.41, 5.74) is 1.95. The van der Waals surface area contributed by atoms with Gasteiger partial charge in [-0.25, -0.2) is 0 Å². The Morgan fingerprint density at radius 1 is 1.12 bits per heavy atom. The van der Waals surface area contributed by atoms with Gasteiger partial charge in [0.2, 0.25) is 0 Å². The number of hydrogen-bond donors (Lipinski definition) is 1. The molecule has 25 heavy (non-hydrogen) atoms. The van der Waals surface area contributed by atoms with Gasteiger partial charge in [0.15, 0.2) is 0 Å². The minimum absolute atomic E-state index is 0.246. The molecule has 6 heteroatoms. The third-order valence-corrected chi connectivity index (χ3v) is 6.51. The molecule has 2 aromatic rings. The lowest BCUT2D eigenvalue weighted by Crippen LogP contribution is -2.38. The average Bonchev–Trinajstić information content (AvgIpc) is 2.96. The SMILES string of the molecule is CC1C(c2ccccc2)CCN1CC1=NS(=O)(=O)c2ccccc2N1. The van der Waals surface area contributed by atoms with Gasteiger partial charge in [-0.3, -0.25) is 4.90 Å². The number of para-hydroxylation sites is 1. The van der Waals surface area contributed by atoms with Crippen LogP contribution in [-0.4, -0.2) is 38.3 Å². The molecule has 4 rings (SSSR count). The van der Waals surface area contributed by atoms with E-state index in [-0.39, 0.29) is 4.90 Å². The van der Waals surface area contributed by atoms with Gasteiger partial charge in [-0.15, -0.1) is 4.40 Å². The molecule has 5 nitrogen and oxygen atoms in total. The smallest absolute Gasteiger partial charge is 0.286 e. The molecular weight excluding hydrogens is 334 g/mol. The summed E-state index contributed by atoms with van der Waals surface area (Å²) in [7, 11) is -3.62. The average molecular weight is 355 g/mol. The summed E-state index contributed by atoms with van der Waals surface area (Å²) in [6.07, 6.45) is 1.07. The fourth-order valence-electron chi connectivity index (χ4n) is 3.80. The number of nitrogens with zero attached hydrogens (tertiary/aromatic N) is 2. The predicted molar refractivity (Wildman–Crippen MR) is 99.5 cm³/mol. The molecular formula is C19H21N3O2S. The number of hydrogen-bond acceptors (Lipinski definition) is 4. The quantitative estimate of drug-likeness (QED) is 0.919. The van der Waals surface area contributed by atoms with E-state index in [1.165, 1.54) is 5.56 Å². The first kappa shape index (κ1) is 16.3. The van der Waals surface area contributed by atoms with Gasteiger partial charge in [-0.1, -0.05) is 42.5 Å². The van der Waals surface area contributed by atoms with Crippen molar-refractivity contribution in [1.82, 2.24) is 4.90 Å². The van der Waals surface area contributed by atoms with Gasteiger partial charge < -0.3 is 5.32 Å². The summed E-state index contributed by atoms with van der Waals surface area (Å²) >= 11 is 0. The van der Waals surface area contributed by atoms with Crippen molar-refractivity contribution in [1.29, 1.82) is 0 Å². The van der Waals surface area contributed by atoms with Crippen LogP contribution in [0.1, 0.15) is 24.8 Å². The van der Waals surface area contributed by atoms with E-state index in [0.29, 0.717) is 30.0 Å². The maximum Gasteiger partial charge on any atom is 0.286 e. The van der Waals surface area contributed by atoms with Crippen molar-refractivity contribution in [2.45, 2.75) is 30.2 Å². The number of anilines is 1.